The van der Waals surface area contributed by atoms with Crippen molar-refractivity contribution in [3.8, 4) is 5.75 Å². The number of hydrogen-bond donors (Lipinski definition) is 1. The Morgan fingerprint density at radius 1 is 1.38 bits per heavy atom. The molecule has 1 aromatic carbocycles. The molecule has 136 valence electrons. The van der Waals surface area contributed by atoms with Crippen molar-refractivity contribution < 1.29 is 14.5 Å². The number of nitrogens with one attached hydrogen (secondary N) is 1. The largest absolute Gasteiger partial charge is 0.495 e. The van der Waals surface area contributed by atoms with Gasteiger partial charge in [-0.15, -0.1) is 0 Å². The summed E-state index contributed by atoms with van der Waals surface area (Å²) in [6.45, 7) is 1.55. The molecule has 9 nitrogen and oxygen atoms in total. The number of aromatic nitrogens is 2. The lowest BCUT2D eigenvalue weighted by molar-refractivity contribution is -0.384. The number of nitrogens with zero attached hydrogens (tertiary/aromatic N) is 4. The molecular weight excluding hydrogens is 362 g/mol. The van der Waals surface area contributed by atoms with Crippen molar-refractivity contribution in [2.75, 3.05) is 30.4 Å². The Balaban J connectivity index is 1.89. The summed E-state index contributed by atoms with van der Waals surface area (Å²) >= 11 is 6.02. The van der Waals surface area contributed by atoms with Gasteiger partial charge in [-0.2, -0.15) is 4.98 Å². The molecule has 0 aliphatic carbocycles. The first-order chi connectivity index (χ1) is 12.5. The third-order valence-corrected chi connectivity index (χ3v) is 4.28. The maximum Gasteiger partial charge on any atom is 0.330 e. The Morgan fingerprint density at radius 2 is 2.12 bits per heavy atom. The monoisotopic (exact) mass is 377 g/mol. The second-order valence-corrected chi connectivity index (χ2v) is 6.07. The molecule has 0 bridgehead atoms. The van der Waals surface area contributed by atoms with Crippen LogP contribution >= 0.6 is 11.6 Å². The van der Waals surface area contributed by atoms with Gasteiger partial charge < -0.3 is 15.0 Å². The fourth-order valence-corrected chi connectivity index (χ4v) is 2.91. The van der Waals surface area contributed by atoms with E-state index in [0.29, 0.717) is 11.7 Å². The van der Waals surface area contributed by atoms with E-state index in [0.717, 1.165) is 32.1 Å². The number of anilines is 2. The van der Waals surface area contributed by atoms with Crippen molar-refractivity contribution in [3.05, 3.63) is 45.1 Å². The van der Waals surface area contributed by atoms with Crippen LogP contribution in [0.25, 0.3) is 0 Å². The summed E-state index contributed by atoms with van der Waals surface area (Å²) in [5, 5.41) is 14.0. The Bertz CT molecular complexity index is 855. The molecule has 1 amide bonds. The zero-order chi connectivity index (χ0) is 18.7. The van der Waals surface area contributed by atoms with E-state index in [1.54, 1.807) is 6.07 Å². The summed E-state index contributed by atoms with van der Waals surface area (Å²) in [5.41, 5.74) is -0.146. The number of nitro groups is 1. The average Bonchev–Trinajstić information content (AvgIpc) is 3.16. The predicted molar refractivity (Wildman–Crippen MR) is 96.1 cm³/mol. The van der Waals surface area contributed by atoms with Gasteiger partial charge in [0.2, 0.25) is 11.8 Å². The fourth-order valence-electron chi connectivity index (χ4n) is 2.65. The first-order valence-corrected chi connectivity index (χ1v) is 8.28. The van der Waals surface area contributed by atoms with Crippen molar-refractivity contribution in [2.24, 2.45) is 0 Å². The molecule has 0 saturated carbocycles. The Morgan fingerprint density at radius 3 is 2.73 bits per heavy atom. The van der Waals surface area contributed by atoms with Gasteiger partial charge in [-0.3, -0.25) is 14.9 Å². The van der Waals surface area contributed by atoms with Crippen LogP contribution in [0.5, 0.6) is 5.75 Å². The minimum atomic E-state index is -0.635. The highest BCUT2D eigenvalue weighted by Crippen LogP contribution is 2.28. The number of amides is 1. The number of methoxy groups -OCH3 is 1. The summed E-state index contributed by atoms with van der Waals surface area (Å²) in [4.78, 5) is 33.2. The number of halogens is 1. The predicted octanol–water partition coefficient (Wildman–Crippen LogP) is 2.90. The minimum absolute atomic E-state index is 0.149. The molecule has 1 N–H and O–H groups in total. The van der Waals surface area contributed by atoms with E-state index in [2.05, 4.69) is 15.3 Å². The summed E-state index contributed by atoms with van der Waals surface area (Å²) in [5.74, 6) is 0.0660. The molecule has 3 rings (SSSR count). The van der Waals surface area contributed by atoms with Crippen LogP contribution in [-0.4, -0.2) is 41.0 Å². The van der Waals surface area contributed by atoms with E-state index in [1.165, 1.54) is 19.2 Å². The van der Waals surface area contributed by atoms with Crippen molar-refractivity contribution in [1.29, 1.82) is 0 Å². The third-order valence-electron chi connectivity index (χ3n) is 3.99. The van der Waals surface area contributed by atoms with Crippen LogP contribution in [-0.2, 0) is 0 Å². The van der Waals surface area contributed by atoms with Gasteiger partial charge in [0.1, 0.15) is 11.9 Å². The fraction of sp³-hybridized carbons (Fsp3) is 0.312. The molecule has 26 heavy (non-hydrogen) atoms. The SMILES string of the molecule is COc1ccc(C(=O)Nc2nc(N3CCCC3)ncc2[N+](=O)[O-])cc1Cl. The summed E-state index contributed by atoms with van der Waals surface area (Å²) in [7, 11) is 1.46. The quantitative estimate of drug-likeness (QED) is 0.629. The van der Waals surface area contributed by atoms with Crippen molar-refractivity contribution in [2.45, 2.75) is 12.8 Å². The normalized spacial score (nSPS) is 13.5. The molecule has 1 aliphatic rings. The molecule has 2 aromatic rings. The maximum absolute atomic E-state index is 12.5. The first-order valence-electron chi connectivity index (χ1n) is 7.91. The van der Waals surface area contributed by atoms with Gasteiger partial charge in [-0.1, -0.05) is 11.6 Å². The van der Waals surface area contributed by atoms with E-state index in [-0.39, 0.29) is 22.1 Å². The molecule has 10 heteroatoms. The van der Waals surface area contributed by atoms with Gasteiger partial charge in [0, 0.05) is 18.7 Å². The van der Waals surface area contributed by atoms with E-state index >= 15 is 0 Å². The van der Waals surface area contributed by atoms with Crippen LogP contribution in [0.3, 0.4) is 0 Å². The van der Waals surface area contributed by atoms with E-state index in [4.69, 9.17) is 16.3 Å². The smallest absolute Gasteiger partial charge is 0.330 e. The van der Waals surface area contributed by atoms with Gasteiger partial charge in [-0.05, 0) is 31.0 Å². The van der Waals surface area contributed by atoms with Crippen LogP contribution in [0.1, 0.15) is 23.2 Å². The second-order valence-electron chi connectivity index (χ2n) is 5.66. The van der Waals surface area contributed by atoms with Gasteiger partial charge in [0.05, 0.1) is 17.1 Å². The maximum atomic E-state index is 12.5. The topological polar surface area (TPSA) is 110 Å². The average molecular weight is 378 g/mol. The zero-order valence-electron chi connectivity index (χ0n) is 13.9. The minimum Gasteiger partial charge on any atom is -0.495 e. The molecule has 1 fully saturated rings. The molecule has 0 atom stereocenters. The highest BCUT2D eigenvalue weighted by Gasteiger charge is 2.23. The van der Waals surface area contributed by atoms with Crippen LogP contribution in [0.2, 0.25) is 5.02 Å². The number of carbonyl (C=O) groups is 1. The lowest BCUT2D eigenvalue weighted by atomic mass is 10.2. The van der Waals surface area contributed by atoms with Crippen molar-refractivity contribution in [3.63, 3.8) is 0 Å². The number of hydrogen-bond acceptors (Lipinski definition) is 7. The Hall–Kier alpha value is -2.94. The number of carbonyl (C=O) groups excluding carboxylic acids is 1. The summed E-state index contributed by atoms with van der Waals surface area (Å²) in [6, 6.07) is 4.47. The van der Waals surface area contributed by atoms with Gasteiger partial charge in [0.15, 0.2) is 0 Å². The lowest BCUT2D eigenvalue weighted by Gasteiger charge is -2.15. The van der Waals surface area contributed by atoms with Crippen LogP contribution in [0, 0.1) is 10.1 Å². The molecule has 1 saturated heterocycles. The van der Waals surface area contributed by atoms with Crippen molar-refractivity contribution >= 4 is 35.0 Å². The Labute approximate surface area is 154 Å². The Kier molecular flexibility index (Phi) is 5.17. The molecule has 1 aromatic heterocycles. The van der Waals surface area contributed by atoms with Crippen LogP contribution in [0.4, 0.5) is 17.5 Å². The molecule has 2 heterocycles. The van der Waals surface area contributed by atoms with E-state index in [9.17, 15) is 14.9 Å². The van der Waals surface area contributed by atoms with Crippen LogP contribution < -0.4 is 15.0 Å². The molecule has 0 spiro atoms. The zero-order valence-corrected chi connectivity index (χ0v) is 14.7. The number of rotatable bonds is 5. The third kappa shape index (κ3) is 3.67. The highest BCUT2D eigenvalue weighted by molar-refractivity contribution is 6.32. The standard InChI is InChI=1S/C16H16ClN5O4/c1-26-13-5-4-10(8-11(13)17)15(23)19-14-12(22(24)25)9-18-16(20-14)21-6-2-3-7-21/h4-5,8-9H,2-3,6-7H2,1H3,(H,18,19,20,23). The van der Waals surface area contributed by atoms with Gasteiger partial charge in [-0.25, -0.2) is 4.98 Å². The molecule has 0 radical (unpaired) electrons. The molecule has 1 aliphatic heterocycles. The van der Waals surface area contributed by atoms with Crippen LogP contribution in [0.15, 0.2) is 24.4 Å². The van der Waals surface area contributed by atoms with E-state index in [1.807, 2.05) is 4.90 Å². The first kappa shape index (κ1) is 17.9. The van der Waals surface area contributed by atoms with E-state index < -0.39 is 10.8 Å². The van der Waals surface area contributed by atoms with Crippen molar-refractivity contribution in [1.82, 2.24) is 9.97 Å². The number of ether oxygens (including phenoxy) is 1. The number of benzene rings is 1. The van der Waals surface area contributed by atoms with Gasteiger partial charge >= 0.3 is 5.69 Å². The summed E-state index contributed by atoms with van der Waals surface area (Å²) in [6.07, 6.45) is 3.12. The highest BCUT2D eigenvalue weighted by atomic mass is 35.5. The summed E-state index contributed by atoms with van der Waals surface area (Å²) < 4.78 is 5.04. The lowest BCUT2D eigenvalue weighted by Crippen LogP contribution is -2.22. The van der Waals surface area contributed by atoms with Gasteiger partial charge in [0.25, 0.3) is 5.91 Å². The molecule has 0 unspecified atom stereocenters. The second kappa shape index (κ2) is 7.52. The molecular formula is C16H16ClN5O4.